The number of allylic oxidation sites excluding steroid dienone is 9. The predicted octanol–water partition coefficient (Wildman–Crippen LogP) is 12.4. The molecule has 0 saturated heterocycles. The van der Waals surface area contributed by atoms with Crippen molar-refractivity contribution >= 4 is 17.4 Å². The average Bonchev–Trinajstić information content (AvgIpc) is 3.76. The fourth-order valence-corrected chi connectivity index (χ4v) is 11.3. The second-order valence-electron chi connectivity index (χ2n) is 15.1. The summed E-state index contributed by atoms with van der Waals surface area (Å²) in [4.78, 5) is 4.08. The molecule has 0 N–H and O–H groups in total. The van der Waals surface area contributed by atoms with Crippen LogP contribution in [0.15, 0.2) is 192 Å². The molecule has 6 atom stereocenters. The lowest BCUT2D eigenvalue weighted by Crippen LogP contribution is -2.37. The van der Waals surface area contributed by atoms with Gasteiger partial charge in [-0.3, -0.25) is 0 Å². The first-order valence-electron chi connectivity index (χ1n) is 18.9. The van der Waals surface area contributed by atoms with Gasteiger partial charge in [0, 0.05) is 40.0 Å². The lowest BCUT2D eigenvalue weighted by molar-refractivity contribution is 0.687. The van der Waals surface area contributed by atoms with Crippen LogP contribution in [0.25, 0.3) is 22.3 Å². The highest BCUT2D eigenvalue weighted by molar-refractivity contribution is 8.00. The first-order valence-corrected chi connectivity index (χ1v) is 19.7. The van der Waals surface area contributed by atoms with Crippen LogP contribution in [-0.4, -0.2) is 11.3 Å². The molecule has 0 bridgehead atoms. The Morgan fingerprint density at radius 3 is 2.27 bits per heavy atom. The number of benzene rings is 5. The van der Waals surface area contributed by atoms with Crippen molar-refractivity contribution in [3.05, 3.63) is 215 Å². The van der Waals surface area contributed by atoms with Gasteiger partial charge in [0.25, 0.3) is 0 Å². The number of anilines is 1. The van der Waals surface area contributed by atoms with Crippen molar-refractivity contribution in [2.45, 2.75) is 52.7 Å². The molecule has 250 valence electrons. The molecule has 6 aliphatic rings. The van der Waals surface area contributed by atoms with Crippen LogP contribution < -0.4 is 4.90 Å². The van der Waals surface area contributed by atoms with E-state index in [4.69, 9.17) is 0 Å². The highest BCUT2D eigenvalue weighted by Gasteiger charge is 2.44. The van der Waals surface area contributed by atoms with Crippen molar-refractivity contribution in [2.75, 3.05) is 4.90 Å². The third-order valence-electron chi connectivity index (χ3n) is 12.3. The number of hydrogen-bond donors (Lipinski definition) is 0. The summed E-state index contributed by atoms with van der Waals surface area (Å²) in [5.74, 6) is 1.58. The highest BCUT2D eigenvalue weighted by atomic mass is 32.2. The summed E-state index contributed by atoms with van der Waals surface area (Å²) in [5.41, 5.74) is 16.9. The molecule has 2 heteroatoms. The molecular formula is C50H39NS. The standard InChI is InChI=1S/C50H39NS/c1-2-12-32(13-3-1)33-14-10-15-36(28-33)44-31-37-25-24-34(29-43(37)38-16-4-5-17-39(38)44)35-26-27-47-45(30-35)40-18-6-8-21-46(40)51(47)48-22-11-20-42-41-19-7-9-23-49(41)52-50(42)48/h1-27,29-30,33,40,42,44,46,50H,28,31H2. The van der Waals surface area contributed by atoms with E-state index in [1.165, 1.54) is 66.4 Å². The molecule has 52 heavy (non-hydrogen) atoms. The molecule has 11 rings (SSSR count). The van der Waals surface area contributed by atoms with E-state index in [0.29, 0.717) is 28.9 Å². The second kappa shape index (κ2) is 12.1. The van der Waals surface area contributed by atoms with Crippen molar-refractivity contribution < 1.29 is 0 Å². The zero-order valence-corrected chi connectivity index (χ0v) is 29.8. The topological polar surface area (TPSA) is 3.24 Å². The summed E-state index contributed by atoms with van der Waals surface area (Å²) in [6, 6.07) is 44.0. The van der Waals surface area contributed by atoms with E-state index in [9.17, 15) is 0 Å². The third-order valence-corrected chi connectivity index (χ3v) is 13.8. The van der Waals surface area contributed by atoms with E-state index in [1.54, 1.807) is 5.57 Å². The zero-order chi connectivity index (χ0) is 34.2. The van der Waals surface area contributed by atoms with Gasteiger partial charge >= 0.3 is 0 Å². The van der Waals surface area contributed by atoms with Gasteiger partial charge in [-0.05, 0) is 93.3 Å². The van der Waals surface area contributed by atoms with Crippen LogP contribution in [0.4, 0.5) is 5.69 Å². The van der Waals surface area contributed by atoms with E-state index in [-0.39, 0.29) is 6.04 Å². The van der Waals surface area contributed by atoms with E-state index in [2.05, 4.69) is 181 Å². The van der Waals surface area contributed by atoms with Gasteiger partial charge < -0.3 is 4.90 Å². The lowest BCUT2D eigenvalue weighted by atomic mass is 9.72. The first-order chi connectivity index (χ1) is 25.8. The van der Waals surface area contributed by atoms with Crippen molar-refractivity contribution in [3.8, 4) is 22.3 Å². The second-order valence-corrected chi connectivity index (χ2v) is 16.3. The summed E-state index contributed by atoms with van der Waals surface area (Å²) in [6.45, 7) is 0. The van der Waals surface area contributed by atoms with Gasteiger partial charge in [-0.25, -0.2) is 0 Å². The fraction of sp³-hybridized carbons (Fsp3) is 0.160. The predicted molar refractivity (Wildman–Crippen MR) is 218 cm³/mol. The van der Waals surface area contributed by atoms with Gasteiger partial charge in [0.15, 0.2) is 0 Å². The van der Waals surface area contributed by atoms with Crippen LogP contribution in [-0.2, 0) is 6.42 Å². The number of thioether (sulfide) groups is 1. The highest BCUT2D eigenvalue weighted by Crippen LogP contribution is 2.55. The van der Waals surface area contributed by atoms with Crippen LogP contribution in [0.1, 0.15) is 57.9 Å². The molecule has 0 saturated carbocycles. The Morgan fingerprint density at radius 2 is 1.33 bits per heavy atom. The molecule has 2 aliphatic heterocycles. The van der Waals surface area contributed by atoms with Crippen LogP contribution in [0.2, 0.25) is 0 Å². The zero-order valence-electron chi connectivity index (χ0n) is 29.0. The number of fused-ring (bicyclic) bond motifs is 9. The normalized spacial score (nSPS) is 25.7. The van der Waals surface area contributed by atoms with E-state index in [0.717, 1.165) is 12.8 Å². The molecule has 0 fully saturated rings. The van der Waals surface area contributed by atoms with E-state index in [1.807, 2.05) is 11.8 Å². The maximum atomic E-state index is 2.66. The Labute approximate surface area is 311 Å². The van der Waals surface area contributed by atoms with Crippen molar-refractivity contribution in [1.82, 2.24) is 0 Å². The Morgan fingerprint density at radius 1 is 0.558 bits per heavy atom. The summed E-state index contributed by atoms with van der Waals surface area (Å²) < 4.78 is 0. The molecule has 6 unspecified atom stereocenters. The minimum absolute atomic E-state index is 0.288. The van der Waals surface area contributed by atoms with Crippen LogP contribution in [0, 0.1) is 0 Å². The molecule has 0 aromatic heterocycles. The van der Waals surface area contributed by atoms with Gasteiger partial charge in [-0.1, -0.05) is 151 Å². The Hall–Kier alpha value is -5.31. The average molecular weight is 686 g/mol. The van der Waals surface area contributed by atoms with Gasteiger partial charge in [-0.2, -0.15) is 0 Å². The molecule has 0 spiro atoms. The molecule has 5 aromatic rings. The van der Waals surface area contributed by atoms with Crippen molar-refractivity contribution in [3.63, 3.8) is 0 Å². The van der Waals surface area contributed by atoms with Crippen LogP contribution in [0.3, 0.4) is 0 Å². The Balaban J connectivity index is 0.932. The first kappa shape index (κ1) is 30.3. The van der Waals surface area contributed by atoms with E-state index >= 15 is 0 Å². The van der Waals surface area contributed by atoms with E-state index < -0.39 is 0 Å². The SMILES string of the molecule is C1=CC(c2ccccc2)CC(C2Cc3ccc(-c4ccc5c(c4)C4C=CC=CC4N5C4=CC=CC5c6ccccc6SC45)cc3-c3ccccc32)=C1. The van der Waals surface area contributed by atoms with Crippen molar-refractivity contribution in [1.29, 1.82) is 0 Å². The van der Waals surface area contributed by atoms with Crippen molar-refractivity contribution in [2.24, 2.45) is 0 Å². The monoisotopic (exact) mass is 685 g/mol. The summed E-state index contributed by atoms with van der Waals surface area (Å²) >= 11 is 2.03. The molecule has 5 aromatic carbocycles. The number of nitrogens with zero attached hydrogens (tertiary/aromatic N) is 1. The molecule has 0 radical (unpaired) electrons. The molecule has 0 amide bonds. The molecular weight excluding hydrogens is 647 g/mol. The fourth-order valence-electron chi connectivity index (χ4n) is 9.88. The molecule has 4 aliphatic carbocycles. The minimum atomic E-state index is 0.288. The quantitative estimate of drug-likeness (QED) is 0.185. The summed E-state index contributed by atoms with van der Waals surface area (Å²) in [6.07, 6.45) is 25.6. The Bertz CT molecular complexity index is 2440. The van der Waals surface area contributed by atoms with Crippen LogP contribution in [0.5, 0.6) is 0 Å². The number of hydrogen-bond acceptors (Lipinski definition) is 2. The van der Waals surface area contributed by atoms with Gasteiger partial charge in [-0.15, -0.1) is 11.8 Å². The van der Waals surface area contributed by atoms with Crippen LogP contribution >= 0.6 is 11.8 Å². The largest absolute Gasteiger partial charge is 0.336 e. The maximum Gasteiger partial charge on any atom is 0.0626 e. The minimum Gasteiger partial charge on any atom is -0.336 e. The molecule has 2 heterocycles. The maximum absolute atomic E-state index is 2.66. The molecule has 1 nitrogen and oxygen atoms in total. The van der Waals surface area contributed by atoms with Gasteiger partial charge in [0.2, 0.25) is 0 Å². The Kier molecular flexibility index (Phi) is 7.08. The van der Waals surface area contributed by atoms with Gasteiger partial charge in [0.05, 0.1) is 11.3 Å². The smallest absolute Gasteiger partial charge is 0.0626 e. The summed E-state index contributed by atoms with van der Waals surface area (Å²) in [7, 11) is 0. The summed E-state index contributed by atoms with van der Waals surface area (Å²) in [5, 5.41) is 0.391. The third kappa shape index (κ3) is 4.77. The van der Waals surface area contributed by atoms with Gasteiger partial charge in [0.1, 0.15) is 0 Å². The lowest BCUT2D eigenvalue weighted by Gasteiger charge is -2.36. The number of rotatable bonds is 4.